The summed E-state index contributed by atoms with van der Waals surface area (Å²) in [5.41, 5.74) is 0. The highest BCUT2D eigenvalue weighted by Crippen LogP contribution is 2.44. The van der Waals surface area contributed by atoms with Crippen molar-refractivity contribution in [2.75, 3.05) is 13.2 Å². The Morgan fingerprint density at radius 2 is 2.12 bits per heavy atom. The van der Waals surface area contributed by atoms with Crippen molar-refractivity contribution in [3.63, 3.8) is 0 Å². The van der Waals surface area contributed by atoms with Crippen LogP contribution in [0.3, 0.4) is 0 Å². The monoisotopic (exact) mass is 228 g/mol. The van der Waals surface area contributed by atoms with Gasteiger partial charge in [0.25, 0.3) is 0 Å². The maximum atomic E-state index is 10.6. The van der Waals surface area contributed by atoms with Crippen molar-refractivity contribution in [2.24, 2.45) is 17.8 Å². The molecular formula is C13H24O3. The molecule has 1 aliphatic carbocycles. The summed E-state index contributed by atoms with van der Waals surface area (Å²) in [5, 5.41) is 8.78. The Balaban J connectivity index is 1.93. The van der Waals surface area contributed by atoms with Crippen LogP contribution in [0.5, 0.6) is 0 Å². The number of hydrogen-bond donors (Lipinski definition) is 1. The molecule has 1 unspecified atom stereocenters. The molecule has 1 rings (SSSR count). The summed E-state index contributed by atoms with van der Waals surface area (Å²) in [6.07, 6.45) is 5.91. The molecule has 0 aromatic carbocycles. The molecule has 0 spiro atoms. The number of rotatable bonds is 8. The molecule has 0 saturated heterocycles. The minimum atomic E-state index is -0.183. The number of carbonyl (C=O) groups is 1. The second-order valence-electron chi connectivity index (χ2n) is 5.11. The van der Waals surface area contributed by atoms with Crippen LogP contribution < -0.4 is 0 Å². The minimum Gasteiger partial charge on any atom is -0.466 e. The summed E-state index contributed by atoms with van der Waals surface area (Å²) >= 11 is 0. The van der Waals surface area contributed by atoms with E-state index in [1.165, 1.54) is 26.2 Å². The lowest BCUT2D eigenvalue weighted by atomic mass is 10.0. The van der Waals surface area contributed by atoms with Crippen molar-refractivity contribution < 1.29 is 14.6 Å². The summed E-state index contributed by atoms with van der Waals surface area (Å²) in [7, 11) is 0. The van der Waals surface area contributed by atoms with Gasteiger partial charge in [0.15, 0.2) is 0 Å². The summed E-state index contributed by atoms with van der Waals surface area (Å²) < 4.78 is 4.96. The van der Waals surface area contributed by atoms with E-state index in [1.807, 2.05) is 0 Å². The standard InChI is InChI=1S/C13H24O3/c1-10(9-16-11(2)15)4-3-5-12-8-13(12)6-7-14/h10,12-14H,3-9H2,1-2H3/t10-,12?,13+/m0/s1. The van der Waals surface area contributed by atoms with Gasteiger partial charge in [-0.3, -0.25) is 4.79 Å². The fraction of sp³-hybridized carbons (Fsp3) is 0.923. The molecule has 0 bridgehead atoms. The van der Waals surface area contributed by atoms with Gasteiger partial charge in [0.1, 0.15) is 0 Å². The van der Waals surface area contributed by atoms with E-state index >= 15 is 0 Å². The quantitative estimate of drug-likeness (QED) is 0.649. The highest BCUT2D eigenvalue weighted by Gasteiger charge is 2.35. The van der Waals surface area contributed by atoms with E-state index in [-0.39, 0.29) is 5.97 Å². The van der Waals surface area contributed by atoms with Crippen molar-refractivity contribution >= 4 is 5.97 Å². The first-order chi connectivity index (χ1) is 7.63. The van der Waals surface area contributed by atoms with Gasteiger partial charge in [0.2, 0.25) is 0 Å². The minimum absolute atomic E-state index is 0.183. The zero-order valence-electron chi connectivity index (χ0n) is 10.4. The maximum absolute atomic E-state index is 10.6. The van der Waals surface area contributed by atoms with Gasteiger partial charge in [-0.15, -0.1) is 0 Å². The molecular weight excluding hydrogens is 204 g/mol. The molecule has 3 atom stereocenters. The predicted molar refractivity (Wildman–Crippen MR) is 62.9 cm³/mol. The van der Waals surface area contributed by atoms with E-state index in [0.717, 1.165) is 24.7 Å². The molecule has 16 heavy (non-hydrogen) atoms. The van der Waals surface area contributed by atoms with Crippen LogP contribution in [-0.2, 0) is 9.53 Å². The first-order valence-electron chi connectivity index (χ1n) is 6.37. The van der Waals surface area contributed by atoms with Crippen LogP contribution in [-0.4, -0.2) is 24.3 Å². The molecule has 3 heteroatoms. The number of aliphatic hydroxyl groups is 1. The molecule has 1 saturated carbocycles. The zero-order chi connectivity index (χ0) is 12.0. The molecule has 0 amide bonds. The van der Waals surface area contributed by atoms with E-state index < -0.39 is 0 Å². The van der Waals surface area contributed by atoms with E-state index in [9.17, 15) is 4.79 Å². The molecule has 3 nitrogen and oxygen atoms in total. The SMILES string of the molecule is CC(=O)OC[C@@H](C)CCCC1C[C@H]1CCO. The molecule has 1 aliphatic rings. The lowest BCUT2D eigenvalue weighted by Gasteiger charge is -2.10. The van der Waals surface area contributed by atoms with Crippen molar-refractivity contribution in [1.29, 1.82) is 0 Å². The van der Waals surface area contributed by atoms with Gasteiger partial charge in [0, 0.05) is 13.5 Å². The highest BCUT2D eigenvalue weighted by atomic mass is 16.5. The van der Waals surface area contributed by atoms with Gasteiger partial charge in [-0.2, -0.15) is 0 Å². The van der Waals surface area contributed by atoms with Gasteiger partial charge < -0.3 is 9.84 Å². The number of esters is 1. The lowest BCUT2D eigenvalue weighted by Crippen LogP contribution is -2.09. The lowest BCUT2D eigenvalue weighted by molar-refractivity contribution is -0.142. The van der Waals surface area contributed by atoms with Crippen LogP contribution in [0.4, 0.5) is 0 Å². The normalized spacial score (nSPS) is 25.2. The molecule has 0 heterocycles. The smallest absolute Gasteiger partial charge is 0.302 e. The summed E-state index contributed by atoms with van der Waals surface area (Å²) in [4.78, 5) is 10.6. The van der Waals surface area contributed by atoms with E-state index in [4.69, 9.17) is 9.84 Å². The average Bonchev–Trinajstić information content (AvgIpc) is 2.94. The Morgan fingerprint density at radius 3 is 2.75 bits per heavy atom. The topological polar surface area (TPSA) is 46.5 Å². The number of hydrogen-bond acceptors (Lipinski definition) is 3. The Labute approximate surface area is 98.2 Å². The van der Waals surface area contributed by atoms with E-state index in [2.05, 4.69) is 6.92 Å². The maximum Gasteiger partial charge on any atom is 0.302 e. The van der Waals surface area contributed by atoms with Crippen LogP contribution >= 0.6 is 0 Å². The molecule has 1 N–H and O–H groups in total. The largest absolute Gasteiger partial charge is 0.466 e. The van der Waals surface area contributed by atoms with Crippen LogP contribution in [0.15, 0.2) is 0 Å². The molecule has 94 valence electrons. The molecule has 0 aromatic heterocycles. The fourth-order valence-electron chi connectivity index (χ4n) is 2.25. The Bertz CT molecular complexity index is 215. The fourth-order valence-corrected chi connectivity index (χ4v) is 2.25. The average molecular weight is 228 g/mol. The van der Waals surface area contributed by atoms with Crippen LogP contribution in [0.2, 0.25) is 0 Å². The van der Waals surface area contributed by atoms with Crippen molar-refractivity contribution in [1.82, 2.24) is 0 Å². The second-order valence-corrected chi connectivity index (χ2v) is 5.11. The number of carbonyl (C=O) groups excluding carboxylic acids is 1. The van der Waals surface area contributed by atoms with Gasteiger partial charge in [-0.05, 0) is 37.0 Å². The zero-order valence-corrected chi connectivity index (χ0v) is 10.4. The van der Waals surface area contributed by atoms with Crippen LogP contribution in [0.1, 0.15) is 46.0 Å². The predicted octanol–water partition coefficient (Wildman–Crippen LogP) is 2.37. The van der Waals surface area contributed by atoms with E-state index in [0.29, 0.717) is 19.1 Å². The second kappa shape index (κ2) is 6.89. The first-order valence-corrected chi connectivity index (χ1v) is 6.37. The van der Waals surface area contributed by atoms with Crippen molar-refractivity contribution in [3.05, 3.63) is 0 Å². The van der Waals surface area contributed by atoms with Gasteiger partial charge in [-0.1, -0.05) is 19.8 Å². The van der Waals surface area contributed by atoms with Crippen LogP contribution in [0.25, 0.3) is 0 Å². The molecule has 0 radical (unpaired) electrons. The molecule has 1 fully saturated rings. The third kappa shape index (κ3) is 5.50. The van der Waals surface area contributed by atoms with Gasteiger partial charge in [-0.25, -0.2) is 0 Å². The van der Waals surface area contributed by atoms with Gasteiger partial charge in [0.05, 0.1) is 6.61 Å². The number of aliphatic hydroxyl groups excluding tert-OH is 1. The van der Waals surface area contributed by atoms with Crippen LogP contribution in [0, 0.1) is 17.8 Å². The molecule has 0 aromatic rings. The Hall–Kier alpha value is -0.570. The highest BCUT2D eigenvalue weighted by molar-refractivity contribution is 5.65. The van der Waals surface area contributed by atoms with Crippen molar-refractivity contribution in [2.45, 2.75) is 46.0 Å². The number of ether oxygens (including phenoxy) is 1. The third-order valence-corrected chi connectivity index (χ3v) is 3.41. The Kier molecular flexibility index (Phi) is 5.81. The van der Waals surface area contributed by atoms with Gasteiger partial charge >= 0.3 is 5.97 Å². The Morgan fingerprint density at radius 1 is 1.44 bits per heavy atom. The van der Waals surface area contributed by atoms with E-state index in [1.54, 1.807) is 0 Å². The third-order valence-electron chi connectivity index (χ3n) is 3.41. The summed E-state index contributed by atoms with van der Waals surface area (Å²) in [6.45, 7) is 4.47. The summed E-state index contributed by atoms with van der Waals surface area (Å²) in [5.74, 6) is 1.93. The van der Waals surface area contributed by atoms with Crippen molar-refractivity contribution in [3.8, 4) is 0 Å². The first kappa shape index (κ1) is 13.5. The molecule has 0 aliphatic heterocycles. The summed E-state index contributed by atoms with van der Waals surface area (Å²) in [6, 6.07) is 0.